The molecule has 0 aromatic heterocycles. The Balaban J connectivity index is 1.67. The fourth-order valence-corrected chi connectivity index (χ4v) is 3.46. The summed E-state index contributed by atoms with van der Waals surface area (Å²) in [6.45, 7) is 0.567. The molecule has 23 heavy (non-hydrogen) atoms. The topological polar surface area (TPSA) is 77.8 Å². The van der Waals surface area contributed by atoms with Crippen molar-refractivity contribution in [2.24, 2.45) is 5.41 Å². The molecule has 3 rings (SSSR count). The Morgan fingerprint density at radius 3 is 2.26 bits per heavy atom. The number of rotatable bonds is 4. The summed E-state index contributed by atoms with van der Waals surface area (Å²) in [4.78, 5) is 25.6. The first kappa shape index (κ1) is 16.3. The highest BCUT2D eigenvalue weighted by molar-refractivity contribution is 6.31. The predicted molar refractivity (Wildman–Crippen MR) is 85.2 cm³/mol. The van der Waals surface area contributed by atoms with Crippen LogP contribution < -0.4 is 0 Å². The van der Waals surface area contributed by atoms with Gasteiger partial charge in [0.25, 0.3) is 0 Å². The quantitative estimate of drug-likeness (QED) is 0.882. The van der Waals surface area contributed by atoms with Crippen molar-refractivity contribution in [1.29, 1.82) is 0 Å². The van der Waals surface area contributed by atoms with Crippen LogP contribution in [0.2, 0.25) is 5.02 Å². The normalized spacial score (nSPS) is 21.7. The standard InChI is InChI=1S/C17H20ClNO4/c18-13-4-2-1-3-12(13)11-16(5-6-16)14(20)19-9-7-17(23,8-10-19)15(21)22/h1-4,23H,5-11H2,(H,21,22). The first-order valence-electron chi connectivity index (χ1n) is 7.85. The summed E-state index contributed by atoms with van der Waals surface area (Å²) in [6.07, 6.45) is 2.44. The van der Waals surface area contributed by atoms with Crippen molar-refractivity contribution in [2.45, 2.75) is 37.7 Å². The molecule has 1 heterocycles. The van der Waals surface area contributed by atoms with Gasteiger partial charge in [-0.05, 0) is 30.9 Å². The molecule has 124 valence electrons. The van der Waals surface area contributed by atoms with Gasteiger partial charge in [-0.15, -0.1) is 0 Å². The molecule has 1 aliphatic carbocycles. The van der Waals surface area contributed by atoms with E-state index in [0.717, 1.165) is 18.4 Å². The van der Waals surface area contributed by atoms with Crippen LogP contribution in [-0.2, 0) is 16.0 Å². The molecule has 1 aliphatic heterocycles. The van der Waals surface area contributed by atoms with E-state index in [1.54, 1.807) is 4.90 Å². The summed E-state index contributed by atoms with van der Waals surface area (Å²) in [6, 6.07) is 7.54. The van der Waals surface area contributed by atoms with Gasteiger partial charge in [0, 0.05) is 31.0 Å². The number of carboxylic acid groups (broad SMARTS) is 1. The number of likely N-dealkylation sites (tertiary alicyclic amines) is 1. The van der Waals surface area contributed by atoms with Crippen molar-refractivity contribution in [3.05, 3.63) is 34.9 Å². The number of halogens is 1. The fraction of sp³-hybridized carbons (Fsp3) is 0.529. The predicted octanol–water partition coefficient (Wildman–Crippen LogP) is 2.10. The molecule has 1 saturated heterocycles. The number of hydrogen-bond acceptors (Lipinski definition) is 3. The molecule has 6 heteroatoms. The highest BCUT2D eigenvalue weighted by atomic mass is 35.5. The number of hydrogen-bond donors (Lipinski definition) is 2. The third kappa shape index (κ3) is 3.08. The Bertz CT molecular complexity index is 633. The summed E-state index contributed by atoms with van der Waals surface area (Å²) in [5.41, 5.74) is -1.13. The number of nitrogens with zero attached hydrogens (tertiary/aromatic N) is 1. The van der Waals surface area contributed by atoms with Crippen molar-refractivity contribution < 1.29 is 19.8 Å². The molecule has 5 nitrogen and oxygen atoms in total. The average Bonchev–Trinajstić information content (AvgIpc) is 3.30. The molecule has 1 aromatic rings. The van der Waals surface area contributed by atoms with Gasteiger partial charge in [-0.25, -0.2) is 4.79 Å². The van der Waals surface area contributed by atoms with Crippen molar-refractivity contribution >= 4 is 23.5 Å². The lowest BCUT2D eigenvalue weighted by Gasteiger charge is -2.37. The van der Waals surface area contributed by atoms with Crippen LogP contribution >= 0.6 is 11.6 Å². The molecule has 2 fully saturated rings. The summed E-state index contributed by atoms with van der Waals surface area (Å²) in [5, 5.41) is 19.7. The molecule has 0 unspecified atom stereocenters. The zero-order valence-electron chi connectivity index (χ0n) is 12.8. The van der Waals surface area contributed by atoms with Gasteiger partial charge in [0.05, 0.1) is 5.41 Å². The Hall–Kier alpha value is -1.59. The summed E-state index contributed by atoms with van der Waals surface area (Å²) in [5.74, 6) is -1.15. The molecule has 0 bridgehead atoms. The first-order chi connectivity index (χ1) is 10.9. The molecular formula is C17H20ClNO4. The summed E-state index contributed by atoms with van der Waals surface area (Å²) in [7, 11) is 0. The molecule has 0 radical (unpaired) electrons. The molecular weight excluding hydrogens is 318 g/mol. The number of carbonyl (C=O) groups is 2. The molecule has 1 saturated carbocycles. The minimum absolute atomic E-state index is 0.0601. The lowest BCUT2D eigenvalue weighted by atomic mass is 9.89. The second-order valence-corrected chi connectivity index (χ2v) is 7.08. The van der Waals surface area contributed by atoms with Crippen LogP contribution in [-0.4, -0.2) is 45.7 Å². The lowest BCUT2D eigenvalue weighted by molar-refractivity contribution is -0.166. The van der Waals surface area contributed by atoms with Crippen LogP contribution in [0, 0.1) is 5.41 Å². The van der Waals surface area contributed by atoms with E-state index in [2.05, 4.69) is 0 Å². The molecule has 0 spiro atoms. The smallest absolute Gasteiger partial charge is 0.335 e. The van der Waals surface area contributed by atoms with Gasteiger partial charge in [-0.3, -0.25) is 4.79 Å². The molecule has 0 atom stereocenters. The second-order valence-electron chi connectivity index (χ2n) is 6.68. The zero-order valence-corrected chi connectivity index (χ0v) is 13.6. The van der Waals surface area contributed by atoms with Crippen molar-refractivity contribution in [2.75, 3.05) is 13.1 Å². The van der Waals surface area contributed by atoms with E-state index in [9.17, 15) is 14.7 Å². The number of carboxylic acids is 1. The highest BCUT2D eigenvalue weighted by Gasteiger charge is 2.53. The maximum absolute atomic E-state index is 12.8. The van der Waals surface area contributed by atoms with E-state index in [-0.39, 0.29) is 31.8 Å². The number of carbonyl (C=O) groups excluding carboxylic acids is 1. The van der Waals surface area contributed by atoms with E-state index in [0.29, 0.717) is 11.4 Å². The van der Waals surface area contributed by atoms with Crippen LogP contribution in [0.5, 0.6) is 0 Å². The van der Waals surface area contributed by atoms with Gasteiger partial charge in [0.1, 0.15) is 0 Å². The SMILES string of the molecule is O=C(O)C1(O)CCN(C(=O)C2(Cc3ccccc3Cl)CC2)CC1. The largest absolute Gasteiger partial charge is 0.479 e. The van der Waals surface area contributed by atoms with Crippen LogP contribution in [0.1, 0.15) is 31.2 Å². The second kappa shape index (κ2) is 5.80. The van der Waals surface area contributed by atoms with Crippen LogP contribution in [0.3, 0.4) is 0 Å². The van der Waals surface area contributed by atoms with Crippen molar-refractivity contribution in [3.8, 4) is 0 Å². The Morgan fingerprint density at radius 2 is 1.74 bits per heavy atom. The van der Waals surface area contributed by atoms with Gasteiger partial charge < -0.3 is 15.1 Å². The number of amides is 1. The molecule has 1 amide bonds. The van der Waals surface area contributed by atoms with Gasteiger partial charge in [-0.1, -0.05) is 29.8 Å². The number of aliphatic hydroxyl groups is 1. The molecule has 2 aliphatic rings. The van der Waals surface area contributed by atoms with E-state index in [4.69, 9.17) is 16.7 Å². The van der Waals surface area contributed by atoms with E-state index < -0.39 is 17.0 Å². The Labute approximate surface area is 139 Å². The van der Waals surface area contributed by atoms with Crippen LogP contribution in [0.15, 0.2) is 24.3 Å². The molecule has 2 N–H and O–H groups in total. The fourth-order valence-electron chi connectivity index (χ4n) is 3.25. The molecule has 1 aromatic carbocycles. The number of piperidine rings is 1. The third-order valence-corrected chi connectivity index (χ3v) is 5.44. The minimum atomic E-state index is -1.70. The van der Waals surface area contributed by atoms with Crippen molar-refractivity contribution in [3.63, 3.8) is 0 Å². The van der Waals surface area contributed by atoms with Crippen LogP contribution in [0.4, 0.5) is 0 Å². The summed E-state index contributed by atoms with van der Waals surface area (Å²) >= 11 is 6.20. The van der Waals surface area contributed by atoms with Gasteiger partial charge in [0.15, 0.2) is 5.60 Å². The maximum atomic E-state index is 12.8. The highest BCUT2D eigenvalue weighted by Crippen LogP contribution is 2.51. The van der Waals surface area contributed by atoms with Gasteiger partial charge in [-0.2, -0.15) is 0 Å². The monoisotopic (exact) mass is 337 g/mol. The Kier molecular flexibility index (Phi) is 4.10. The van der Waals surface area contributed by atoms with Crippen molar-refractivity contribution in [1.82, 2.24) is 4.90 Å². The first-order valence-corrected chi connectivity index (χ1v) is 8.23. The summed E-state index contributed by atoms with van der Waals surface area (Å²) < 4.78 is 0. The average molecular weight is 338 g/mol. The third-order valence-electron chi connectivity index (χ3n) is 5.07. The Morgan fingerprint density at radius 1 is 1.13 bits per heavy atom. The number of aliphatic carboxylic acids is 1. The zero-order chi connectivity index (χ0) is 16.7. The van der Waals surface area contributed by atoms with Gasteiger partial charge >= 0.3 is 5.97 Å². The van der Waals surface area contributed by atoms with E-state index in [1.165, 1.54) is 0 Å². The van der Waals surface area contributed by atoms with E-state index in [1.807, 2.05) is 24.3 Å². The van der Waals surface area contributed by atoms with E-state index >= 15 is 0 Å². The van der Waals surface area contributed by atoms with Gasteiger partial charge in [0.2, 0.25) is 5.91 Å². The number of benzene rings is 1. The maximum Gasteiger partial charge on any atom is 0.335 e. The van der Waals surface area contributed by atoms with Crippen LogP contribution in [0.25, 0.3) is 0 Å². The lowest BCUT2D eigenvalue weighted by Crippen LogP contribution is -2.52. The minimum Gasteiger partial charge on any atom is -0.479 e.